The minimum absolute atomic E-state index is 0.178. The maximum atomic E-state index is 13.2. The lowest BCUT2D eigenvalue weighted by Gasteiger charge is -2.40. The van der Waals surface area contributed by atoms with Crippen molar-refractivity contribution in [2.75, 3.05) is 0 Å². The number of alkyl halides is 4. The van der Waals surface area contributed by atoms with Gasteiger partial charge in [-0.1, -0.05) is 25.0 Å². The van der Waals surface area contributed by atoms with Gasteiger partial charge in [0.2, 0.25) is 11.8 Å². The van der Waals surface area contributed by atoms with E-state index < -0.39 is 48.8 Å². The van der Waals surface area contributed by atoms with E-state index >= 15 is 0 Å². The molecule has 0 spiro atoms. The second kappa shape index (κ2) is 8.75. The van der Waals surface area contributed by atoms with Crippen LogP contribution in [-0.4, -0.2) is 52.9 Å². The van der Waals surface area contributed by atoms with Gasteiger partial charge in [-0.05, 0) is 24.5 Å². The number of amidine groups is 1. The highest BCUT2D eigenvalue weighted by Gasteiger charge is 2.49. The number of aliphatic imine (C=N–C) groups is 1. The van der Waals surface area contributed by atoms with Gasteiger partial charge in [0.15, 0.2) is 0 Å². The molecule has 2 aliphatic carbocycles. The molecule has 178 valence electrons. The smallest absolute Gasteiger partial charge is 0.317 e. The molecule has 0 aromatic heterocycles. The molecule has 2 atom stereocenters. The first kappa shape index (κ1) is 23.2. The Kier molecular flexibility index (Phi) is 6.15. The van der Waals surface area contributed by atoms with Crippen LogP contribution in [0, 0.1) is 5.92 Å². The number of halogens is 4. The summed E-state index contributed by atoms with van der Waals surface area (Å²) in [4.78, 5) is 41.6. The van der Waals surface area contributed by atoms with Gasteiger partial charge in [0.1, 0.15) is 5.84 Å². The first-order chi connectivity index (χ1) is 15.6. The minimum Gasteiger partial charge on any atom is -0.383 e. The number of carbonyl (C=O) groups excluding carboxylic acids is 3. The van der Waals surface area contributed by atoms with Crippen molar-refractivity contribution >= 4 is 23.6 Å². The molecule has 1 heterocycles. The Balaban J connectivity index is 1.48. The predicted octanol–water partition coefficient (Wildman–Crippen LogP) is 2.61. The Morgan fingerprint density at radius 1 is 1.18 bits per heavy atom. The van der Waals surface area contributed by atoms with Crippen molar-refractivity contribution in [1.29, 1.82) is 0 Å². The van der Waals surface area contributed by atoms with Crippen LogP contribution in [0.5, 0.6) is 0 Å². The zero-order valence-electron chi connectivity index (χ0n) is 17.7. The molecule has 33 heavy (non-hydrogen) atoms. The van der Waals surface area contributed by atoms with Crippen LogP contribution in [0.2, 0.25) is 0 Å². The number of hydrogen-bond donors (Lipinski definition) is 2. The summed E-state index contributed by atoms with van der Waals surface area (Å²) in [5.74, 6) is -6.28. The topological polar surface area (TPSA) is 105 Å². The number of nitrogens with one attached hydrogen (secondary N) is 1. The Bertz CT molecular complexity index is 1010. The van der Waals surface area contributed by atoms with Gasteiger partial charge in [-0.15, -0.1) is 0 Å². The zero-order valence-corrected chi connectivity index (χ0v) is 17.7. The van der Waals surface area contributed by atoms with Gasteiger partial charge in [-0.25, -0.2) is 8.78 Å². The fourth-order valence-corrected chi connectivity index (χ4v) is 4.78. The van der Waals surface area contributed by atoms with Crippen molar-refractivity contribution in [1.82, 2.24) is 10.2 Å². The number of nitrogens with zero attached hydrogens (tertiary/aromatic N) is 2. The molecule has 2 saturated carbocycles. The molecule has 1 unspecified atom stereocenters. The van der Waals surface area contributed by atoms with E-state index in [-0.39, 0.29) is 23.6 Å². The molecule has 1 aliphatic heterocycles. The monoisotopic (exact) mass is 468 g/mol. The van der Waals surface area contributed by atoms with Crippen LogP contribution >= 0.6 is 0 Å². The number of benzene rings is 1. The number of carbonyl (C=O) groups is 3. The number of amides is 3. The molecular formula is C22H24F4N4O3. The highest BCUT2D eigenvalue weighted by molar-refractivity contribution is 6.07. The summed E-state index contributed by atoms with van der Waals surface area (Å²) in [6.45, 7) is 0.292. The van der Waals surface area contributed by atoms with Gasteiger partial charge in [0.25, 0.3) is 5.91 Å². The third kappa shape index (κ3) is 4.72. The van der Waals surface area contributed by atoms with E-state index in [9.17, 15) is 31.9 Å². The molecule has 0 radical (unpaired) electrons. The van der Waals surface area contributed by atoms with Crippen molar-refractivity contribution in [3.63, 3.8) is 0 Å². The Hall–Kier alpha value is -2.98. The molecule has 3 amide bonds. The Morgan fingerprint density at radius 3 is 2.55 bits per heavy atom. The van der Waals surface area contributed by atoms with Gasteiger partial charge in [-0.2, -0.15) is 13.8 Å². The van der Waals surface area contributed by atoms with Crippen LogP contribution in [-0.2, 0) is 16.1 Å². The molecule has 0 saturated heterocycles. The summed E-state index contributed by atoms with van der Waals surface area (Å²) >= 11 is 0. The van der Waals surface area contributed by atoms with Gasteiger partial charge in [0.05, 0.1) is 6.04 Å². The number of fused-ring (bicyclic) bond motifs is 1. The lowest BCUT2D eigenvalue weighted by molar-refractivity contribution is -0.151. The highest BCUT2D eigenvalue weighted by atomic mass is 19.3. The summed E-state index contributed by atoms with van der Waals surface area (Å²) in [5.41, 5.74) is 6.87. The average molecular weight is 468 g/mol. The molecule has 3 N–H and O–H groups in total. The average Bonchev–Trinajstić information content (AvgIpc) is 3.08. The zero-order chi connectivity index (χ0) is 23.9. The Labute approximate surface area is 187 Å². The summed E-state index contributed by atoms with van der Waals surface area (Å²) in [5, 5.41) is 2.88. The molecule has 2 fully saturated rings. The van der Waals surface area contributed by atoms with Crippen LogP contribution in [0.15, 0.2) is 23.2 Å². The predicted molar refractivity (Wildman–Crippen MR) is 110 cm³/mol. The van der Waals surface area contributed by atoms with Crippen molar-refractivity contribution in [2.45, 2.75) is 69.5 Å². The molecule has 3 aliphatic rings. The van der Waals surface area contributed by atoms with Crippen LogP contribution in [0.4, 0.5) is 17.6 Å². The normalized spacial score (nSPS) is 25.1. The summed E-state index contributed by atoms with van der Waals surface area (Å²) in [7, 11) is 0. The fourth-order valence-electron chi connectivity index (χ4n) is 4.78. The second-order valence-corrected chi connectivity index (χ2v) is 8.87. The van der Waals surface area contributed by atoms with E-state index in [0.717, 1.165) is 12.8 Å². The lowest BCUT2D eigenvalue weighted by atomic mass is 9.80. The maximum Gasteiger partial charge on any atom is 0.317 e. The number of hydrogen-bond acceptors (Lipinski definition) is 3. The Morgan fingerprint density at radius 2 is 1.88 bits per heavy atom. The van der Waals surface area contributed by atoms with Crippen LogP contribution < -0.4 is 11.1 Å². The minimum atomic E-state index is -3.28. The number of nitrogens with two attached hydrogens (primary N) is 1. The quantitative estimate of drug-likeness (QED) is 0.394. The summed E-state index contributed by atoms with van der Waals surface area (Å²) in [6, 6.07) is 3.92. The van der Waals surface area contributed by atoms with E-state index in [1.807, 2.05) is 0 Å². The largest absolute Gasteiger partial charge is 0.383 e. The number of rotatable bonds is 5. The van der Waals surface area contributed by atoms with E-state index in [1.165, 1.54) is 12.1 Å². The molecule has 0 bridgehead atoms. The van der Waals surface area contributed by atoms with Crippen LogP contribution in [0.25, 0.3) is 0 Å². The van der Waals surface area contributed by atoms with Crippen molar-refractivity contribution in [3.05, 3.63) is 34.9 Å². The fraction of sp³-hybridized carbons (Fsp3) is 0.545. The molecule has 7 nitrogen and oxygen atoms in total. The third-order valence-electron chi connectivity index (χ3n) is 6.57. The lowest BCUT2D eigenvalue weighted by Crippen LogP contribution is -2.56. The van der Waals surface area contributed by atoms with Gasteiger partial charge in [-0.3, -0.25) is 14.4 Å². The summed E-state index contributed by atoms with van der Waals surface area (Å²) < 4.78 is 51.2. The van der Waals surface area contributed by atoms with E-state index in [0.29, 0.717) is 30.5 Å². The van der Waals surface area contributed by atoms with Gasteiger partial charge < -0.3 is 16.0 Å². The maximum absolute atomic E-state index is 13.2. The first-order valence-electron chi connectivity index (χ1n) is 10.8. The van der Waals surface area contributed by atoms with Gasteiger partial charge >= 0.3 is 12.3 Å². The first-order valence-corrected chi connectivity index (χ1v) is 10.8. The van der Waals surface area contributed by atoms with Crippen LogP contribution in [0.3, 0.4) is 0 Å². The van der Waals surface area contributed by atoms with Crippen molar-refractivity contribution in [2.24, 2.45) is 16.6 Å². The molecule has 1 aromatic carbocycles. The standard InChI is InChI=1S/C22H24F4N4O3/c23-17(24)20(32)29-18(27)11-5-6-12-10-30(21(33)14(12)7-11)16-4-2-1-3-15(16)28-19(31)13-8-22(25,26)9-13/h5-7,13,15-17H,1-4,8-10H2,(H,28,31)(H2,27,29,32)/t15-,16?/m1/s1. The summed E-state index contributed by atoms with van der Waals surface area (Å²) in [6.07, 6.45) is -1.18. The van der Waals surface area contributed by atoms with Crippen molar-refractivity contribution in [3.8, 4) is 0 Å². The highest BCUT2D eigenvalue weighted by Crippen LogP contribution is 2.42. The van der Waals surface area contributed by atoms with Gasteiger partial charge in [0, 0.05) is 42.5 Å². The van der Waals surface area contributed by atoms with Crippen molar-refractivity contribution < 1.29 is 31.9 Å². The second-order valence-electron chi connectivity index (χ2n) is 8.87. The van der Waals surface area contributed by atoms with E-state index in [1.54, 1.807) is 11.0 Å². The molecule has 1 aromatic rings. The van der Waals surface area contributed by atoms with E-state index in [2.05, 4.69) is 10.3 Å². The molecule has 11 heteroatoms. The van der Waals surface area contributed by atoms with E-state index in [4.69, 9.17) is 5.73 Å². The molecule has 4 rings (SSSR count). The molecular weight excluding hydrogens is 444 g/mol. The van der Waals surface area contributed by atoms with Crippen LogP contribution in [0.1, 0.15) is 60.0 Å². The SMILES string of the molecule is NC(=NC(=O)C(F)F)c1ccc2c(c1)C(=O)N(C1CCCC[C@H]1NC(=O)C1CC(F)(F)C1)C2. The third-order valence-corrected chi connectivity index (χ3v) is 6.57.